The van der Waals surface area contributed by atoms with Gasteiger partial charge in [0, 0.05) is 51.2 Å². The Labute approximate surface area is 158 Å². The van der Waals surface area contributed by atoms with Gasteiger partial charge in [0.05, 0.1) is 6.54 Å². The SMILES string of the molecule is CC1CC(C)CN(C(=O)CN2CCN(C(=O)C3CCCC(N)C3)CC2)C1. The second-order valence-electron chi connectivity index (χ2n) is 8.97. The van der Waals surface area contributed by atoms with E-state index in [4.69, 9.17) is 5.73 Å². The fourth-order valence-corrected chi connectivity index (χ4v) is 4.99. The van der Waals surface area contributed by atoms with Crippen molar-refractivity contribution in [3.63, 3.8) is 0 Å². The fourth-order valence-electron chi connectivity index (χ4n) is 4.99. The number of nitrogens with zero attached hydrogens (tertiary/aromatic N) is 3. The minimum Gasteiger partial charge on any atom is -0.341 e. The molecule has 3 rings (SSSR count). The molecule has 3 fully saturated rings. The van der Waals surface area contributed by atoms with Crippen molar-refractivity contribution in [1.82, 2.24) is 14.7 Å². The highest BCUT2D eigenvalue weighted by Crippen LogP contribution is 2.25. The molecule has 0 spiro atoms. The Hall–Kier alpha value is -1.14. The number of likely N-dealkylation sites (tertiary alicyclic amines) is 1. The van der Waals surface area contributed by atoms with Crippen molar-refractivity contribution < 1.29 is 9.59 Å². The van der Waals surface area contributed by atoms with E-state index in [2.05, 4.69) is 18.7 Å². The first-order valence-corrected chi connectivity index (χ1v) is 10.5. The second kappa shape index (κ2) is 8.70. The number of piperazine rings is 1. The summed E-state index contributed by atoms with van der Waals surface area (Å²) in [5.74, 6) is 1.84. The Morgan fingerprint density at radius 2 is 1.58 bits per heavy atom. The summed E-state index contributed by atoms with van der Waals surface area (Å²) in [5.41, 5.74) is 6.04. The van der Waals surface area contributed by atoms with Gasteiger partial charge >= 0.3 is 0 Å². The van der Waals surface area contributed by atoms with Gasteiger partial charge in [0.2, 0.25) is 11.8 Å². The summed E-state index contributed by atoms with van der Waals surface area (Å²) >= 11 is 0. The summed E-state index contributed by atoms with van der Waals surface area (Å²) in [5, 5.41) is 0. The van der Waals surface area contributed by atoms with Gasteiger partial charge in [-0.3, -0.25) is 14.5 Å². The van der Waals surface area contributed by atoms with Crippen LogP contribution in [0.25, 0.3) is 0 Å². The minimum atomic E-state index is 0.114. The smallest absolute Gasteiger partial charge is 0.236 e. The van der Waals surface area contributed by atoms with E-state index in [0.29, 0.717) is 18.4 Å². The molecule has 2 amide bonds. The van der Waals surface area contributed by atoms with Crippen LogP contribution in [0.2, 0.25) is 0 Å². The first kappa shape index (κ1) is 19.6. The Bertz CT molecular complexity index is 494. The molecule has 0 aromatic rings. The van der Waals surface area contributed by atoms with Crippen molar-refractivity contribution >= 4 is 11.8 Å². The Kier molecular flexibility index (Phi) is 6.56. The quantitative estimate of drug-likeness (QED) is 0.816. The molecule has 0 bridgehead atoms. The fraction of sp³-hybridized carbons (Fsp3) is 0.900. The van der Waals surface area contributed by atoms with Gasteiger partial charge in [-0.2, -0.15) is 0 Å². The highest BCUT2D eigenvalue weighted by atomic mass is 16.2. The molecule has 6 heteroatoms. The van der Waals surface area contributed by atoms with Gasteiger partial charge in [0.1, 0.15) is 0 Å². The van der Waals surface area contributed by atoms with Crippen molar-refractivity contribution in [2.45, 2.75) is 52.0 Å². The van der Waals surface area contributed by atoms with E-state index in [-0.39, 0.29) is 23.8 Å². The molecule has 2 aliphatic heterocycles. The molecule has 26 heavy (non-hydrogen) atoms. The first-order valence-electron chi connectivity index (χ1n) is 10.5. The number of nitrogens with two attached hydrogens (primary N) is 1. The first-order chi connectivity index (χ1) is 12.4. The Morgan fingerprint density at radius 1 is 0.923 bits per heavy atom. The van der Waals surface area contributed by atoms with Crippen LogP contribution in [0.15, 0.2) is 0 Å². The number of rotatable bonds is 3. The summed E-state index contributed by atoms with van der Waals surface area (Å²) in [4.78, 5) is 31.6. The van der Waals surface area contributed by atoms with Crippen LogP contribution in [0.3, 0.4) is 0 Å². The highest BCUT2D eigenvalue weighted by molar-refractivity contribution is 5.80. The van der Waals surface area contributed by atoms with E-state index < -0.39 is 0 Å². The van der Waals surface area contributed by atoms with Gasteiger partial charge in [-0.25, -0.2) is 0 Å². The Morgan fingerprint density at radius 3 is 2.19 bits per heavy atom. The summed E-state index contributed by atoms with van der Waals surface area (Å²) in [6.07, 6.45) is 5.15. The molecule has 6 nitrogen and oxygen atoms in total. The molecule has 0 aromatic heterocycles. The molecule has 2 N–H and O–H groups in total. The zero-order valence-corrected chi connectivity index (χ0v) is 16.5. The second-order valence-corrected chi connectivity index (χ2v) is 8.97. The van der Waals surface area contributed by atoms with E-state index >= 15 is 0 Å². The molecule has 2 heterocycles. The maximum atomic E-state index is 12.7. The van der Waals surface area contributed by atoms with Gasteiger partial charge in [0.25, 0.3) is 0 Å². The van der Waals surface area contributed by atoms with Crippen molar-refractivity contribution in [1.29, 1.82) is 0 Å². The van der Waals surface area contributed by atoms with Crippen LogP contribution in [0.1, 0.15) is 46.0 Å². The van der Waals surface area contributed by atoms with Gasteiger partial charge in [-0.1, -0.05) is 20.3 Å². The molecule has 3 aliphatic rings. The molecule has 0 aromatic carbocycles. The topological polar surface area (TPSA) is 69.9 Å². The van der Waals surface area contributed by atoms with Gasteiger partial charge in [-0.05, 0) is 37.5 Å². The zero-order valence-electron chi connectivity index (χ0n) is 16.5. The molecule has 4 atom stereocenters. The number of carbonyl (C=O) groups is 2. The van der Waals surface area contributed by atoms with Crippen molar-refractivity contribution in [2.24, 2.45) is 23.5 Å². The maximum absolute atomic E-state index is 12.7. The van der Waals surface area contributed by atoms with E-state index in [1.165, 1.54) is 6.42 Å². The lowest BCUT2D eigenvalue weighted by molar-refractivity contribution is -0.139. The summed E-state index contributed by atoms with van der Waals surface area (Å²) in [6, 6.07) is 0.186. The summed E-state index contributed by atoms with van der Waals surface area (Å²) in [6.45, 7) is 9.83. The number of hydrogen-bond acceptors (Lipinski definition) is 4. The number of piperidine rings is 1. The average molecular weight is 365 g/mol. The lowest BCUT2D eigenvalue weighted by Crippen LogP contribution is -2.54. The van der Waals surface area contributed by atoms with E-state index in [1.807, 2.05) is 9.80 Å². The lowest BCUT2D eigenvalue weighted by atomic mass is 9.85. The average Bonchev–Trinajstić information content (AvgIpc) is 2.61. The number of hydrogen-bond donors (Lipinski definition) is 1. The van der Waals surface area contributed by atoms with E-state index in [9.17, 15) is 9.59 Å². The van der Waals surface area contributed by atoms with Crippen molar-refractivity contribution in [2.75, 3.05) is 45.8 Å². The molecule has 148 valence electrons. The molecule has 0 radical (unpaired) electrons. The van der Waals surface area contributed by atoms with Crippen molar-refractivity contribution in [3.8, 4) is 0 Å². The predicted octanol–water partition coefficient (Wildman–Crippen LogP) is 1.15. The third kappa shape index (κ3) is 4.97. The van der Waals surface area contributed by atoms with Crippen LogP contribution >= 0.6 is 0 Å². The molecule has 4 unspecified atom stereocenters. The zero-order chi connectivity index (χ0) is 18.7. The number of carbonyl (C=O) groups excluding carboxylic acids is 2. The summed E-state index contributed by atoms with van der Waals surface area (Å²) in [7, 11) is 0. The predicted molar refractivity (Wildman–Crippen MR) is 102 cm³/mol. The van der Waals surface area contributed by atoms with Gasteiger partial charge in [-0.15, -0.1) is 0 Å². The molecular formula is C20H36N4O2. The highest BCUT2D eigenvalue weighted by Gasteiger charge is 2.32. The van der Waals surface area contributed by atoms with Gasteiger partial charge < -0.3 is 15.5 Å². The van der Waals surface area contributed by atoms with Crippen LogP contribution in [-0.2, 0) is 9.59 Å². The molecular weight excluding hydrogens is 328 g/mol. The van der Waals surface area contributed by atoms with Crippen LogP contribution in [0.4, 0.5) is 0 Å². The minimum absolute atomic E-state index is 0.114. The van der Waals surface area contributed by atoms with E-state index in [0.717, 1.165) is 65.0 Å². The lowest BCUT2D eigenvalue weighted by Gasteiger charge is -2.39. The van der Waals surface area contributed by atoms with Crippen LogP contribution < -0.4 is 5.73 Å². The van der Waals surface area contributed by atoms with Crippen molar-refractivity contribution in [3.05, 3.63) is 0 Å². The largest absolute Gasteiger partial charge is 0.341 e. The van der Waals surface area contributed by atoms with E-state index in [1.54, 1.807) is 0 Å². The molecule has 2 saturated heterocycles. The third-order valence-electron chi connectivity index (χ3n) is 6.33. The number of amides is 2. The van der Waals surface area contributed by atoms with Crippen LogP contribution in [-0.4, -0.2) is 78.4 Å². The molecule has 1 saturated carbocycles. The summed E-state index contributed by atoms with van der Waals surface area (Å²) < 4.78 is 0. The van der Waals surface area contributed by atoms with Gasteiger partial charge in [0.15, 0.2) is 0 Å². The monoisotopic (exact) mass is 364 g/mol. The third-order valence-corrected chi connectivity index (χ3v) is 6.33. The Balaban J connectivity index is 1.43. The molecule has 1 aliphatic carbocycles. The van der Waals surface area contributed by atoms with Crippen LogP contribution in [0, 0.1) is 17.8 Å². The maximum Gasteiger partial charge on any atom is 0.236 e. The standard InChI is InChI=1S/C20H36N4O2/c1-15-10-16(2)13-24(12-15)19(25)14-22-6-8-23(9-7-22)20(26)17-4-3-5-18(21)11-17/h15-18H,3-14,21H2,1-2H3. The van der Waals surface area contributed by atoms with Crippen LogP contribution in [0.5, 0.6) is 0 Å². The normalized spacial score (nSPS) is 34.0.